The standard InChI is InChI=1S/C12H21NO3/c1-4-16-12(15)11(14)13-10-6-5-8(2)7-9(10)3/h8-10H,4-7H2,1-3H3,(H,13,14). The summed E-state index contributed by atoms with van der Waals surface area (Å²) in [5.41, 5.74) is 0. The van der Waals surface area contributed by atoms with E-state index in [1.54, 1.807) is 6.92 Å². The minimum atomic E-state index is -0.770. The molecule has 1 amide bonds. The van der Waals surface area contributed by atoms with Gasteiger partial charge in [-0.25, -0.2) is 4.79 Å². The van der Waals surface area contributed by atoms with Gasteiger partial charge in [-0.05, 0) is 38.0 Å². The Labute approximate surface area is 96.7 Å². The van der Waals surface area contributed by atoms with Gasteiger partial charge in [-0.2, -0.15) is 0 Å². The molecule has 3 unspecified atom stereocenters. The normalized spacial score (nSPS) is 29.6. The Balaban J connectivity index is 2.42. The van der Waals surface area contributed by atoms with Crippen molar-refractivity contribution in [3.8, 4) is 0 Å². The van der Waals surface area contributed by atoms with Crippen LogP contribution in [0.2, 0.25) is 0 Å². The molecule has 0 radical (unpaired) electrons. The fraction of sp³-hybridized carbons (Fsp3) is 0.833. The maximum atomic E-state index is 11.4. The molecule has 0 aliphatic heterocycles. The Kier molecular flexibility index (Phi) is 4.77. The second-order valence-electron chi connectivity index (χ2n) is 4.70. The average molecular weight is 227 g/mol. The molecule has 1 saturated carbocycles. The van der Waals surface area contributed by atoms with Gasteiger partial charge < -0.3 is 10.1 Å². The van der Waals surface area contributed by atoms with Gasteiger partial charge in [-0.1, -0.05) is 13.8 Å². The molecule has 0 heterocycles. The van der Waals surface area contributed by atoms with Gasteiger partial charge in [-0.3, -0.25) is 4.79 Å². The Bertz CT molecular complexity index is 265. The molecule has 16 heavy (non-hydrogen) atoms. The lowest BCUT2D eigenvalue weighted by Gasteiger charge is -2.32. The highest BCUT2D eigenvalue weighted by molar-refractivity contribution is 6.32. The molecule has 4 nitrogen and oxygen atoms in total. The second kappa shape index (κ2) is 5.87. The Morgan fingerprint density at radius 3 is 2.56 bits per heavy atom. The van der Waals surface area contributed by atoms with Crippen LogP contribution in [0.25, 0.3) is 0 Å². The van der Waals surface area contributed by atoms with Crippen LogP contribution in [0, 0.1) is 11.8 Å². The molecular formula is C12H21NO3. The molecule has 1 fully saturated rings. The first kappa shape index (κ1) is 13.0. The van der Waals surface area contributed by atoms with Crippen LogP contribution in [0.15, 0.2) is 0 Å². The molecule has 4 heteroatoms. The zero-order chi connectivity index (χ0) is 12.1. The van der Waals surface area contributed by atoms with Crippen molar-refractivity contribution in [3.63, 3.8) is 0 Å². The number of ether oxygens (including phenoxy) is 1. The molecule has 1 aliphatic rings. The summed E-state index contributed by atoms with van der Waals surface area (Å²) in [5, 5.41) is 2.76. The van der Waals surface area contributed by atoms with E-state index in [-0.39, 0.29) is 12.6 Å². The summed E-state index contributed by atoms with van der Waals surface area (Å²) in [6, 6.07) is 0.119. The summed E-state index contributed by atoms with van der Waals surface area (Å²) >= 11 is 0. The highest BCUT2D eigenvalue weighted by Gasteiger charge is 2.28. The van der Waals surface area contributed by atoms with Crippen molar-refractivity contribution in [2.24, 2.45) is 11.8 Å². The van der Waals surface area contributed by atoms with Crippen molar-refractivity contribution >= 4 is 11.9 Å². The van der Waals surface area contributed by atoms with Crippen molar-refractivity contribution in [2.45, 2.75) is 46.1 Å². The van der Waals surface area contributed by atoms with Crippen LogP contribution < -0.4 is 5.32 Å². The third kappa shape index (κ3) is 3.51. The first-order chi connectivity index (χ1) is 7.54. The van der Waals surface area contributed by atoms with E-state index >= 15 is 0 Å². The second-order valence-corrected chi connectivity index (χ2v) is 4.70. The third-order valence-corrected chi connectivity index (χ3v) is 3.21. The zero-order valence-corrected chi connectivity index (χ0v) is 10.3. The van der Waals surface area contributed by atoms with Crippen molar-refractivity contribution in [2.75, 3.05) is 6.61 Å². The number of hydrogen-bond donors (Lipinski definition) is 1. The molecule has 0 aromatic heterocycles. The van der Waals surface area contributed by atoms with E-state index in [0.717, 1.165) is 19.3 Å². The number of rotatable bonds is 2. The van der Waals surface area contributed by atoms with Crippen LogP contribution in [0.1, 0.15) is 40.0 Å². The van der Waals surface area contributed by atoms with Crippen LogP contribution in [-0.2, 0) is 14.3 Å². The van der Waals surface area contributed by atoms with Gasteiger partial charge in [0.25, 0.3) is 0 Å². The predicted molar refractivity (Wildman–Crippen MR) is 60.7 cm³/mol. The van der Waals surface area contributed by atoms with Gasteiger partial charge in [0.2, 0.25) is 0 Å². The van der Waals surface area contributed by atoms with Crippen molar-refractivity contribution < 1.29 is 14.3 Å². The SMILES string of the molecule is CCOC(=O)C(=O)NC1CCC(C)CC1C. The average Bonchev–Trinajstić information content (AvgIpc) is 2.22. The summed E-state index contributed by atoms with van der Waals surface area (Å²) in [7, 11) is 0. The first-order valence-corrected chi connectivity index (χ1v) is 6.02. The van der Waals surface area contributed by atoms with Gasteiger partial charge in [-0.15, -0.1) is 0 Å². The van der Waals surface area contributed by atoms with E-state index in [2.05, 4.69) is 23.9 Å². The number of carbonyl (C=O) groups is 2. The van der Waals surface area contributed by atoms with Gasteiger partial charge in [0.1, 0.15) is 0 Å². The zero-order valence-electron chi connectivity index (χ0n) is 10.3. The molecule has 0 aromatic carbocycles. The van der Waals surface area contributed by atoms with Gasteiger partial charge in [0, 0.05) is 6.04 Å². The number of nitrogens with one attached hydrogen (secondary N) is 1. The minimum absolute atomic E-state index is 0.119. The first-order valence-electron chi connectivity index (χ1n) is 6.02. The van der Waals surface area contributed by atoms with Crippen LogP contribution in [-0.4, -0.2) is 24.5 Å². The summed E-state index contributed by atoms with van der Waals surface area (Å²) in [6.45, 7) is 6.27. The maximum Gasteiger partial charge on any atom is 0.396 e. The third-order valence-electron chi connectivity index (χ3n) is 3.21. The molecule has 0 spiro atoms. The Morgan fingerprint density at radius 2 is 2.00 bits per heavy atom. The molecule has 1 N–H and O–H groups in total. The molecule has 1 rings (SSSR count). The highest BCUT2D eigenvalue weighted by Crippen LogP contribution is 2.28. The van der Waals surface area contributed by atoms with Gasteiger partial charge >= 0.3 is 11.9 Å². The number of esters is 1. The largest absolute Gasteiger partial charge is 0.459 e. The number of amides is 1. The smallest absolute Gasteiger partial charge is 0.396 e. The summed E-state index contributed by atoms with van der Waals surface area (Å²) in [5.74, 6) is -0.227. The predicted octanol–water partition coefficient (Wildman–Crippen LogP) is 1.49. The monoisotopic (exact) mass is 227 g/mol. The maximum absolute atomic E-state index is 11.4. The quantitative estimate of drug-likeness (QED) is 0.574. The lowest BCUT2D eigenvalue weighted by atomic mass is 9.80. The molecule has 0 saturated heterocycles. The number of carbonyl (C=O) groups excluding carboxylic acids is 2. The highest BCUT2D eigenvalue weighted by atomic mass is 16.5. The van der Waals surface area contributed by atoms with E-state index in [1.807, 2.05) is 0 Å². The lowest BCUT2D eigenvalue weighted by molar-refractivity contribution is -0.155. The fourth-order valence-corrected chi connectivity index (χ4v) is 2.30. The minimum Gasteiger partial charge on any atom is -0.459 e. The van der Waals surface area contributed by atoms with Crippen LogP contribution >= 0.6 is 0 Å². The van der Waals surface area contributed by atoms with E-state index in [4.69, 9.17) is 0 Å². The number of hydrogen-bond acceptors (Lipinski definition) is 3. The van der Waals surface area contributed by atoms with E-state index < -0.39 is 11.9 Å². The van der Waals surface area contributed by atoms with Crippen molar-refractivity contribution in [1.29, 1.82) is 0 Å². The molecule has 92 valence electrons. The summed E-state index contributed by atoms with van der Waals surface area (Å²) in [6.07, 6.45) is 3.17. The van der Waals surface area contributed by atoms with Gasteiger partial charge in [0.05, 0.1) is 6.61 Å². The van der Waals surface area contributed by atoms with Crippen LogP contribution in [0.3, 0.4) is 0 Å². The van der Waals surface area contributed by atoms with Crippen molar-refractivity contribution in [3.05, 3.63) is 0 Å². The molecule has 0 aromatic rings. The summed E-state index contributed by atoms with van der Waals surface area (Å²) < 4.78 is 4.65. The van der Waals surface area contributed by atoms with E-state index in [1.165, 1.54) is 0 Å². The Hall–Kier alpha value is -1.06. The molecule has 1 aliphatic carbocycles. The Morgan fingerprint density at radius 1 is 1.31 bits per heavy atom. The fourth-order valence-electron chi connectivity index (χ4n) is 2.30. The van der Waals surface area contributed by atoms with Crippen LogP contribution in [0.4, 0.5) is 0 Å². The summed E-state index contributed by atoms with van der Waals surface area (Å²) in [4.78, 5) is 22.6. The van der Waals surface area contributed by atoms with E-state index in [9.17, 15) is 9.59 Å². The molecular weight excluding hydrogens is 206 g/mol. The van der Waals surface area contributed by atoms with Gasteiger partial charge in [0.15, 0.2) is 0 Å². The van der Waals surface area contributed by atoms with Crippen molar-refractivity contribution in [1.82, 2.24) is 5.32 Å². The molecule has 3 atom stereocenters. The topological polar surface area (TPSA) is 55.4 Å². The van der Waals surface area contributed by atoms with E-state index in [0.29, 0.717) is 11.8 Å². The molecule has 0 bridgehead atoms. The lowest BCUT2D eigenvalue weighted by Crippen LogP contribution is -2.45. The van der Waals surface area contributed by atoms with Crippen LogP contribution in [0.5, 0.6) is 0 Å².